The summed E-state index contributed by atoms with van der Waals surface area (Å²) >= 11 is 0. The van der Waals surface area contributed by atoms with Crippen LogP contribution in [0.15, 0.2) is 24.3 Å². The van der Waals surface area contributed by atoms with E-state index < -0.39 is 0 Å². The van der Waals surface area contributed by atoms with Gasteiger partial charge in [-0.15, -0.1) is 0 Å². The van der Waals surface area contributed by atoms with Gasteiger partial charge in [0.25, 0.3) is 0 Å². The monoisotopic (exact) mass is 288 g/mol. The highest BCUT2D eigenvalue weighted by Gasteiger charge is 2.30. The van der Waals surface area contributed by atoms with E-state index in [1.54, 1.807) is 0 Å². The van der Waals surface area contributed by atoms with Gasteiger partial charge in [0.15, 0.2) is 0 Å². The van der Waals surface area contributed by atoms with E-state index in [1.165, 1.54) is 5.56 Å². The number of likely N-dealkylation sites (tertiary alicyclic amines) is 1. The molecule has 2 aliphatic rings. The number of anilines is 1. The molecule has 0 bridgehead atoms. The predicted molar refractivity (Wildman–Crippen MR) is 83.2 cm³/mol. The Labute approximate surface area is 126 Å². The van der Waals surface area contributed by atoms with Crippen molar-refractivity contribution in [2.45, 2.75) is 38.1 Å². The molecule has 0 aromatic heterocycles. The number of nitrogens with zero attached hydrogens (tertiary/aromatic N) is 1. The fraction of sp³-hybridized carbons (Fsp3) is 0.588. The van der Waals surface area contributed by atoms with Crippen LogP contribution in [0.2, 0.25) is 0 Å². The van der Waals surface area contributed by atoms with Crippen LogP contribution in [-0.4, -0.2) is 41.7 Å². The Balaban J connectivity index is 1.63. The third-order valence-corrected chi connectivity index (χ3v) is 4.72. The minimum atomic E-state index is -0.0900. The molecule has 2 heterocycles. The second-order valence-corrected chi connectivity index (χ2v) is 6.20. The standard InChI is InChI=1S/C17H24N2O2/c20-11-9-13-4-3-10-19(12-13)17(21)16-8-7-14-5-1-2-6-15(14)18-16/h1-2,5-6,13,16,18,20H,3-4,7-12H2. The van der Waals surface area contributed by atoms with Gasteiger partial charge < -0.3 is 15.3 Å². The largest absolute Gasteiger partial charge is 0.396 e. The van der Waals surface area contributed by atoms with E-state index in [2.05, 4.69) is 17.4 Å². The quantitative estimate of drug-likeness (QED) is 0.895. The highest BCUT2D eigenvalue weighted by Crippen LogP contribution is 2.26. The number of aliphatic hydroxyl groups excluding tert-OH is 1. The molecule has 1 saturated heterocycles. The topological polar surface area (TPSA) is 52.6 Å². The van der Waals surface area contributed by atoms with E-state index in [0.717, 1.165) is 50.9 Å². The summed E-state index contributed by atoms with van der Waals surface area (Å²) in [7, 11) is 0. The number of carbonyl (C=O) groups excluding carboxylic acids is 1. The Morgan fingerprint density at radius 1 is 1.33 bits per heavy atom. The summed E-state index contributed by atoms with van der Waals surface area (Å²) in [4.78, 5) is 14.7. The van der Waals surface area contributed by atoms with Gasteiger partial charge in [-0.1, -0.05) is 18.2 Å². The van der Waals surface area contributed by atoms with Gasteiger partial charge in [0.05, 0.1) is 0 Å². The number of carbonyl (C=O) groups is 1. The fourth-order valence-corrected chi connectivity index (χ4v) is 3.53. The number of para-hydroxylation sites is 1. The number of piperidine rings is 1. The maximum Gasteiger partial charge on any atom is 0.245 e. The van der Waals surface area contributed by atoms with Crippen molar-refractivity contribution < 1.29 is 9.90 Å². The number of hydrogen-bond donors (Lipinski definition) is 2. The van der Waals surface area contributed by atoms with Gasteiger partial charge in [0.2, 0.25) is 5.91 Å². The van der Waals surface area contributed by atoms with Crippen LogP contribution in [0.25, 0.3) is 0 Å². The lowest BCUT2D eigenvalue weighted by molar-refractivity contribution is -0.134. The molecular weight excluding hydrogens is 264 g/mol. The summed E-state index contributed by atoms with van der Waals surface area (Å²) in [6.45, 7) is 1.89. The third-order valence-electron chi connectivity index (χ3n) is 4.72. The molecule has 114 valence electrons. The number of benzene rings is 1. The molecule has 0 spiro atoms. The zero-order chi connectivity index (χ0) is 14.7. The smallest absolute Gasteiger partial charge is 0.245 e. The number of rotatable bonds is 3. The lowest BCUT2D eigenvalue weighted by Gasteiger charge is -2.36. The molecule has 0 radical (unpaired) electrons. The van der Waals surface area contributed by atoms with Gasteiger partial charge in [-0.3, -0.25) is 4.79 Å². The summed E-state index contributed by atoms with van der Waals surface area (Å²) in [5.74, 6) is 0.690. The van der Waals surface area contributed by atoms with Gasteiger partial charge in [-0.25, -0.2) is 0 Å². The molecule has 2 aliphatic heterocycles. The minimum Gasteiger partial charge on any atom is -0.396 e. The molecule has 2 atom stereocenters. The minimum absolute atomic E-state index is 0.0900. The van der Waals surface area contributed by atoms with E-state index in [9.17, 15) is 4.79 Å². The van der Waals surface area contributed by atoms with E-state index >= 15 is 0 Å². The Hall–Kier alpha value is -1.55. The summed E-state index contributed by atoms with van der Waals surface area (Å²) in [5.41, 5.74) is 2.41. The van der Waals surface area contributed by atoms with Crippen molar-refractivity contribution in [3.05, 3.63) is 29.8 Å². The Morgan fingerprint density at radius 3 is 3.05 bits per heavy atom. The van der Waals surface area contributed by atoms with Crippen LogP contribution < -0.4 is 5.32 Å². The number of nitrogens with one attached hydrogen (secondary N) is 1. The number of aryl methyl sites for hydroxylation is 1. The van der Waals surface area contributed by atoms with Gasteiger partial charge in [0.1, 0.15) is 6.04 Å². The molecule has 21 heavy (non-hydrogen) atoms. The molecule has 1 fully saturated rings. The predicted octanol–water partition coefficient (Wildman–Crippen LogP) is 2.03. The molecule has 1 aromatic rings. The second kappa shape index (κ2) is 6.48. The first kappa shape index (κ1) is 14.4. The van der Waals surface area contributed by atoms with Gasteiger partial charge >= 0.3 is 0 Å². The summed E-state index contributed by atoms with van der Waals surface area (Å²) in [6, 6.07) is 8.15. The maximum atomic E-state index is 12.7. The van der Waals surface area contributed by atoms with Crippen LogP contribution >= 0.6 is 0 Å². The van der Waals surface area contributed by atoms with Crippen molar-refractivity contribution in [1.29, 1.82) is 0 Å². The molecule has 0 aliphatic carbocycles. The van der Waals surface area contributed by atoms with Crippen LogP contribution in [0.5, 0.6) is 0 Å². The Kier molecular flexibility index (Phi) is 4.44. The van der Waals surface area contributed by atoms with Crippen LogP contribution in [0.4, 0.5) is 5.69 Å². The Morgan fingerprint density at radius 2 is 2.19 bits per heavy atom. The SMILES string of the molecule is O=C(C1CCc2ccccc2N1)N1CCCC(CCO)C1. The first-order valence-corrected chi connectivity index (χ1v) is 8.02. The summed E-state index contributed by atoms with van der Waals surface area (Å²) in [5, 5.41) is 12.5. The Bertz CT molecular complexity index is 501. The zero-order valence-electron chi connectivity index (χ0n) is 12.4. The molecule has 4 heteroatoms. The molecular formula is C17H24N2O2. The van der Waals surface area contributed by atoms with E-state index in [1.807, 2.05) is 17.0 Å². The van der Waals surface area contributed by atoms with Crippen LogP contribution in [0.1, 0.15) is 31.2 Å². The lowest BCUT2D eigenvalue weighted by atomic mass is 9.93. The summed E-state index contributed by atoms with van der Waals surface area (Å²) in [6.07, 6.45) is 4.83. The van der Waals surface area contributed by atoms with Crippen molar-refractivity contribution in [1.82, 2.24) is 4.90 Å². The average molecular weight is 288 g/mol. The third kappa shape index (κ3) is 3.21. The molecule has 2 N–H and O–H groups in total. The molecule has 1 amide bonds. The van der Waals surface area contributed by atoms with E-state index in [-0.39, 0.29) is 18.6 Å². The van der Waals surface area contributed by atoms with Crippen LogP contribution in [0, 0.1) is 5.92 Å². The van der Waals surface area contributed by atoms with Crippen molar-refractivity contribution in [3.8, 4) is 0 Å². The van der Waals surface area contributed by atoms with E-state index in [0.29, 0.717) is 5.92 Å². The highest BCUT2D eigenvalue weighted by molar-refractivity contribution is 5.85. The lowest BCUT2D eigenvalue weighted by Crippen LogP contribution is -2.48. The number of aliphatic hydroxyl groups is 1. The van der Waals surface area contributed by atoms with Crippen LogP contribution in [-0.2, 0) is 11.2 Å². The van der Waals surface area contributed by atoms with Crippen molar-refractivity contribution in [3.63, 3.8) is 0 Å². The first-order valence-electron chi connectivity index (χ1n) is 8.02. The van der Waals surface area contributed by atoms with Crippen molar-refractivity contribution in [2.75, 3.05) is 25.0 Å². The van der Waals surface area contributed by atoms with Crippen molar-refractivity contribution in [2.24, 2.45) is 5.92 Å². The first-order chi connectivity index (χ1) is 10.3. The molecule has 4 nitrogen and oxygen atoms in total. The maximum absolute atomic E-state index is 12.7. The van der Waals surface area contributed by atoms with Crippen molar-refractivity contribution >= 4 is 11.6 Å². The van der Waals surface area contributed by atoms with Gasteiger partial charge in [-0.05, 0) is 49.7 Å². The molecule has 3 rings (SSSR count). The molecule has 2 unspecified atom stereocenters. The zero-order valence-corrected chi connectivity index (χ0v) is 12.4. The molecule has 0 saturated carbocycles. The number of amides is 1. The highest BCUT2D eigenvalue weighted by atomic mass is 16.3. The fourth-order valence-electron chi connectivity index (χ4n) is 3.53. The number of hydrogen-bond acceptors (Lipinski definition) is 3. The molecule has 1 aromatic carbocycles. The average Bonchev–Trinajstić information content (AvgIpc) is 2.54. The second-order valence-electron chi connectivity index (χ2n) is 6.20. The summed E-state index contributed by atoms with van der Waals surface area (Å²) < 4.78 is 0. The number of fused-ring (bicyclic) bond motifs is 1. The van der Waals surface area contributed by atoms with Gasteiger partial charge in [-0.2, -0.15) is 0 Å². The van der Waals surface area contributed by atoms with E-state index in [4.69, 9.17) is 5.11 Å². The van der Waals surface area contributed by atoms with Crippen LogP contribution in [0.3, 0.4) is 0 Å². The normalized spacial score (nSPS) is 25.1. The van der Waals surface area contributed by atoms with Gasteiger partial charge in [0, 0.05) is 25.4 Å².